The van der Waals surface area contributed by atoms with Gasteiger partial charge in [0.25, 0.3) is 0 Å². The van der Waals surface area contributed by atoms with Gasteiger partial charge in [0.05, 0.1) is 0 Å². The highest BCUT2D eigenvalue weighted by atomic mass is 35.5. The molecule has 106 valence electrons. The van der Waals surface area contributed by atoms with Crippen molar-refractivity contribution in [1.82, 2.24) is 10.2 Å². The van der Waals surface area contributed by atoms with Gasteiger partial charge in [0, 0.05) is 32.2 Å². The minimum absolute atomic E-state index is 0. The molecule has 0 bridgehead atoms. The number of rotatable bonds is 4. The lowest BCUT2D eigenvalue weighted by molar-refractivity contribution is 0.160. The van der Waals surface area contributed by atoms with Crippen molar-refractivity contribution in [2.75, 3.05) is 26.2 Å². The molecule has 1 atom stereocenters. The Morgan fingerprint density at radius 1 is 1.16 bits per heavy atom. The van der Waals surface area contributed by atoms with Gasteiger partial charge in [0.15, 0.2) is 0 Å². The molecule has 0 radical (unpaired) electrons. The van der Waals surface area contributed by atoms with Crippen LogP contribution >= 0.6 is 12.4 Å². The number of benzene rings is 1. The summed E-state index contributed by atoms with van der Waals surface area (Å²) in [5.41, 5.74) is 1.28. The van der Waals surface area contributed by atoms with Crippen LogP contribution < -0.4 is 5.32 Å². The average molecular weight is 285 g/mol. The number of piperazine rings is 1. The first-order valence-corrected chi connectivity index (χ1v) is 7.03. The molecule has 1 heterocycles. The van der Waals surface area contributed by atoms with E-state index in [4.69, 9.17) is 0 Å². The van der Waals surface area contributed by atoms with Crippen LogP contribution in [-0.2, 0) is 0 Å². The van der Waals surface area contributed by atoms with Crippen LogP contribution in [-0.4, -0.2) is 31.1 Å². The van der Waals surface area contributed by atoms with Crippen LogP contribution in [0, 0.1) is 11.7 Å². The Morgan fingerprint density at radius 3 is 2.37 bits per heavy atom. The standard InChI is InChI=1S/C15H21FN2.ClH/c16-14-5-3-13(4-6-14)15(11-12-1-2-12)18-9-7-17-8-10-18;/h3-6,12,15,17H,1-2,7-11H2;1H/t15-;/m0./s1. The van der Waals surface area contributed by atoms with Gasteiger partial charge < -0.3 is 5.32 Å². The third-order valence-corrected chi connectivity index (χ3v) is 4.10. The summed E-state index contributed by atoms with van der Waals surface area (Å²) >= 11 is 0. The molecule has 0 unspecified atom stereocenters. The second kappa shape index (κ2) is 6.69. The average Bonchev–Trinajstić information content (AvgIpc) is 3.22. The summed E-state index contributed by atoms with van der Waals surface area (Å²) in [7, 11) is 0. The van der Waals surface area contributed by atoms with Crippen LogP contribution in [0.1, 0.15) is 30.9 Å². The maximum absolute atomic E-state index is 13.0. The summed E-state index contributed by atoms with van der Waals surface area (Å²) in [5.74, 6) is 0.763. The summed E-state index contributed by atoms with van der Waals surface area (Å²) in [6.07, 6.45) is 4.00. The van der Waals surface area contributed by atoms with Gasteiger partial charge in [-0.05, 0) is 30.0 Å². The Bertz CT molecular complexity index is 386. The Hall–Kier alpha value is -0.640. The minimum atomic E-state index is -0.135. The third kappa shape index (κ3) is 3.91. The van der Waals surface area contributed by atoms with E-state index in [9.17, 15) is 4.39 Å². The van der Waals surface area contributed by atoms with Gasteiger partial charge in [0.1, 0.15) is 5.82 Å². The number of halogens is 2. The van der Waals surface area contributed by atoms with Crippen LogP contribution in [0.25, 0.3) is 0 Å². The fourth-order valence-electron chi connectivity index (χ4n) is 2.84. The lowest BCUT2D eigenvalue weighted by atomic mass is 9.98. The van der Waals surface area contributed by atoms with E-state index in [1.165, 1.54) is 24.8 Å². The molecule has 4 heteroatoms. The quantitative estimate of drug-likeness (QED) is 0.914. The maximum atomic E-state index is 13.0. The van der Waals surface area contributed by atoms with Crippen molar-refractivity contribution in [3.8, 4) is 0 Å². The van der Waals surface area contributed by atoms with E-state index < -0.39 is 0 Å². The van der Waals surface area contributed by atoms with Crippen LogP contribution in [0.2, 0.25) is 0 Å². The molecule has 1 aromatic carbocycles. The lowest BCUT2D eigenvalue weighted by Crippen LogP contribution is -2.45. The first kappa shape index (κ1) is 14.8. The molecule has 2 nitrogen and oxygen atoms in total. The van der Waals surface area contributed by atoms with Crippen molar-refractivity contribution < 1.29 is 4.39 Å². The van der Waals surface area contributed by atoms with Crippen molar-refractivity contribution in [2.45, 2.75) is 25.3 Å². The first-order valence-electron chi connectivity index (χ1n) is 7.03. The van der Waals surface area contributed by atoms with E-state index in [0.717, 1.165) is 32.1 Å². The summed E-state index contributed by atoms with van der Waals surface area (Å²) in [5, 5.41) is 3.40. The molecule has 19 heavy (non-hydrogen) atoms. The molecular weight excluding hydrogens is 263 g/mol. The van der Waals surface area contributed by atoms with Crippen LogP contribution in [0.15, 0.2) is 24.3 Å². The molecule has 3 rings (SSSR count). The molecule has 0 aromatic heterocycles. The highest BCUT2D eigenvalue weighted by molar-refractivity contribution is 5.85. The maximum Gasteiger partial charge on any atom is 0.123 e. The van der Waals surface area contributed by atoms with E-state index in [1.807, 2.05) is 12.1 Å². The van der Waals surface area contributed by atoms with Gasteiger partial charge >= 0.3 is 0 Å². The van der Waals surface area contributed by atoms with E-state index in [1.54, 1.807) is 12.1 Å². The van der Waals surface area contributed by atoms with E-state index >= 15 is 0 Å². The zero-order valence-corrected chi connectivity index (χ0v) is 12.0. The molecule has 1 aliphatic carbocycles. The Balaban J connectivity index is 0.00000133. The predicted molar refractivity (Wildman–Crippen MR) is 78.2 cm³/mol. The number of hydrogen-bond donors (Lipinski definition) is 1. The Labute approximate surface area is 120 Å². The zero-order chi connectivity index (χ0) is 12.4. The summed E-state index contributed by atoms with van der Waals surface area (Å²) in [6.45, 7) is 4.36. The molecule has 1 saturated carbocycles. The highest BCUT2D eigenvalue weighted by Crippen LogP contribution is 2.40. The van der Waals surface area contributed by atoms with Crippen LogP contribution in [0.5, 0.6) is 0 Å². The Kier molecular flexibility index (Phi) is 5.20. The van der Waals surface area contributed by atoms with Gasteiger partial charge in [-0.15, -0.1) is 12.4 Å². The summed E-state index contributed by atoms with van der Waals surface area (Å²) < 4.78 is 13.0. The molecule has 2 aliphatic rings. The molecule has 1 N–H and O–H groups in total. The number of nitrogens with zero attached hydrogens (tertiary/aromatic N) is 1. The summed E-state index contributed by atoms with van der Waals surface area (Å²) in [4.78, 5) is 2.56. The molecular formula is C15H22ClFN2. The second-order valence-electron chi connectivity index (χ2n) is 5.53. The van der Waals surface area contributed by atoms with E-state index in [0.29, 0.717) is 6.04 Å². The molecule has 1 saturated heterocycles. The van der Waals surface area contributed by atoms with Crippen molar-refractivity contribution in [2.24, 2.45) is 5.92 Å². The van der Waals surface area contributed by atoms with Gasteiger partial charge in [-0.2, -0.15) is 0 Å². The van der Waals surface area contributed by atoms with Gasteiger partial charge in [-0.3, -0.25) is 4.90 Å². The normalized spacial score (nSPS) is 21.7. The molecule has 1 aliphatic heterocycles. The fourth-order valence-corrected chi connectivity index (χ4v) is 2.84. The molecule has 0 spiro atoms. The summed E-state index contributed by atoms with van der Waals surface area (Å²) in [6, 6.07) is 7.60. The van der Waals surface area contributed by atoms with E-state index in [-0.39, 0.29) is 18.2 Å². The highest BCUT2D eigenvalue weighted by Gasteiger charge is 2.30. The van der Waals surface area contributed by atoms with E-state index in [2.05, 4.69) is 10.2 Å². The predicted octanol–water partition coefficient (Wildman–Crippen LogP) is 2.99. The first-order chi connectivity index (χ1) is 8.83. The van der Waals surface area contributed by atoms with Crippen LogP contribution in [0.4, 0.5) is 4.39 Å². The smallest absolute Gasteiger partial charge is 0.123 e. The van der Waals surface area contributed by atoms with Gasteiger partial charge in [-0.1, -0.05) is 25.0 Å². The van der Waals surface area contributed by atoms with Gasteiger partial charge in [-0.25, -0.2) is 4.39 Å². The molecule has 0 amide bonds. The topological polar surface area (TPSA) is 15.3 Å². The van der Waals surface area contributed by atoms with Gasteiger partial charge in [0.2, 0.25) is 0 Å². The zero-order valence-electron chi connectivity index (χ0n) is 11.1. The molecule has 2 fully saturated rings. The minimum Gasteiger partial charge on any atom is -0.314 e. The fraction of sp³-hybridized carbons (Fsp3) is 0.600. The largest absolute Gasteiger partial charge is 0.314 e. The Morgan fingerprint density at radius 2 is 1.79 bits per heavy atom. The monoisotopic (exact) mass is 284 g/mol. The third-order valence-electron chi connectivity index (χ3n) is 4.10. The van der Waals surface area contributed by atoms with Crippen molar-refractivity contribution >= 4 is 12.4 Å². The van der Waals surface area contributed by atoms with Crippen molar-refractivity contribution in [3.63, 3.8) is 0 Å². The number of hydrogen-bond acceptors (Lipinski definition) is 2. The van der Waals surface area contributed by atoms with Crippen molar-refractivity contribution in [1.29, 1.82) is 0 Å². The SMILES string of the molecule is Cl.Fc1ccc([C@H](CC2CC2)N2CCNCC2)cc1. The van der Waals surface area contributed by atoms with Crippen LogP contribution in [0.3, 0.4) is 0 Å². The lowest BCUT2D eigenvalue weighted by Gasteiger charge is -2.35. The second-order valence-corrected chi connectivity index (χ2v) is 5.53. The number of nitrogens with one attached hydrogen (secondary N) is 1. The molecule has 1 aromatic rings. The van der Waals surface area contributed by atoms with Crippen molar-refractivity contribution in [3.05, 3.63) is 35.6 Å².